The summed E-state index contributed by atoms with van der Waals surface area (Å²) in [5, 5.41) is 0. The summed E-state index contributed by atoms with van der Waals surface area (Å²) in [6, 6.07) is 0. The van der Waals surface area contributed by atoms with Gasteiger partial charge in [-0.1, -0.05) is 30.7 Å². The van der Waals surface area contributed by atoms with Crippen molar-refractivity contribution in [3.05, 3.63) is 23.8 Å². The second-order valence-corrected chi connectivity index (χ2v) is 2.40. The molecule has 0 saturated heterocycles. The number of allylic oxidation sites excluding steroid dienone is 4. The topological polar surface area (TPSA) is 0 Å². The van der Waals surface area contributed by atoms with Crippen LogP contribution in [-0.4, -0.2) is 0 Å². The lowest BCUT2D eigenvalue weighted by Gasteiger charge is -1.93. The summed E-state index contributed by atoms with van der Waals surface area (Å²) in [4.78, 5) is 0. The minimum Gasteiger partial charge on any atom is -0.0844 e. The van der Waals surface area contributed by atoms with E-state index in [2.05, 4.69) is 32.1 Å². The molecule has 0 aromatic rings. The van der Waals surface area contributed by atoms with E-state index in [1.54, 1.807) is 0 Å². The first-order chi connectivity index (χ1) is 3.83. The van der Waals surface area contributed by atoms with Crippen molar-refractivity contribution >= 4 is 0 Å². The van der Waals surface area contributed by atoms with Crippen LogP contribution in [0.15, 0.2) is 23.8 Å². The maximum atomic E-state index is 2.26. The van der Waals surface area contributed by atoms with Crippen LogP contribution < -0.4 is 0 Å². The largest absolute Gasteiger partial charge is 0.0844 e. The molecule has 0 spiro atoms. The quantitative estimate of drug-likeness (QED) is 0.447. The Kier molecular flexibility index (Phi) is 1.52. The van der Waals surface area contributed by atoms with Gasteiger partial charge < -0.3 is 0 Å². The summed E-state index contributed by atoms with van der Waals surface area (Å²) in [6.07, 6.45) is 7.90. The summed E-state index contributed by atoms with van der Waals surface area (Å²) in [6.45, 7) is 4.34. The van der Waals surface area contributed by atoms with Crippen LogP contribution in [0.5, 0.6) is 0 Å². The molecular formula is C8H12. The lowest BCUT2D eigenvalue weighted by Crippen LogP contribution is -1.80. The van der Waals surface area contributed by atoms with Crippen LogP contribution >= 0.6 is 0 Å². The van der Waals surface area contributed by atoms with E-state index in [1.165, 1.54) is 12.0 Å². The number of rotatable bonds is 0. The average Bonchev–Trinajstić information content (AvgIpc) is 2.14. The predicted molar refractivity (Wildman–Crippen MR) is 36.7 cm³/mol. The molecule has 1 aliphatic carbocycles. The molecule has 44 valence electrons. The van der Waals surface area contributed by atoms with Crippen LogP contribution in [0.2, 0.25) is 0 Å². The third-order valence-corrected chi connectivity index (χ3v) is 1.57. The van der Waals surface area contributed by atoms with Gasteiger partial charge in [-0.25, -0.2) is 0 Å². The zero-order valence-corrected chi connectivity index (χ0v) is 5.52. The van der Waals surface area contributed by atoms with Gasteiger partial charge in [0.2, 0.25) is 0 Å². The van der Waals surface area contributed by atoms with Gasteiger partial charge in [0.1, 0.15) is 0 Å². The van der Waals surface area contributed by atoms with E-state index in [9.17, 15) is 0 Å². The van der Waals surface area contributed by atoms with Gasteiger partial charge in [-0.2, -0.15) is 0 Å². The van der Waals surface area contributed by atoms with E-state index in [4.69, 9.17) is 0 Å². The van der Waals surface area contributed by atoms with Crippen LogP contribution in [0.4, 0.5) is 0 Å². The molecule has 1 atom stereocenters. The first kappa shape index (κ1) is 5.61. The maximum Gasteiger partial charge on any atom is -0.0218 e. The fraction of sp³-hybridized carbons (Fsp3) is 0.500. The van der Waals surface area contributed by atoms with Gasteiger partial charge in [-0.15, -0.1) is 0 Å². The van der Waals surface area contributed by atoms with E-state index < -0.39 is 0 Å². The molecule has 0 aliphatic heterocycles. The molecule has 0 aromatic heterocycles. The highest BCUT2D eigenvalue weighted by Gasteiger charge is 2.04. The van der Waals surface area contributed by atoms with E-state index in [0.29, 0.717) is 0 Å². The van der Waals surface area contributed by atoms with E-state index in [1.807, 2.05) is 0 Å². The first-order valence-corrected chi connectivity index (χ1v) is 3.16. The van der Waals surface area contributed by atoms with Crippen molar-refractivity contribution in [3.63, 3.8) is 0 Å². The van der Waals surface area contributed by atoms with Gasteiger partial charge in [0, 0.05) is 0 Å². The average molecular weight is 108 g/mol. The Hall–Kier alpha value is -0.520. The Bertz CT molecular complexity index is 129. The van der Waals surface area contributed by atoms with Gasteiger partial charge in [0.05, 0.1) is 0 Å². The molecule has 0 radical (unpaired) electrons. The Balaban J connectivity index is 2.59. The van der Waals surface area contributed by atoms with E-state index in [0.717, 1.165) is 5.92 Å². The number of hydrogen-bond acceptors (Lipinski definition) is 0. The number of hydrogen-bond donors (Lipinski definition) is 0. The van der Waals surface area contributed by atoms with Crippen LogP contribution in [0, 0.1) is 5.92 Å². The molecule has 8 heavy (non-hydrogen) atoms. The van der Waals surface area contributed by atoms with Crippen molar-refractivity contribution in [1.82, 2.24) is 0 Å². The lowest BCUT2D eigenvalue weighted by molar-refractivity contribution is 0.758. The zero-order chi connectivity index (χ0) is 5.98. The Morgan fingerprint density at radius 3 is 2.75 bits per heavy atom. The maximum absolute atomic E-state index is 2.26. The van der Waals surface area contributed by atoms with Gasteiger partial charge in [0.25, 0.3) is 0 Å². The molecule has 0 aromatic carbocycles. The van der Waals surface area contributed by atoms with Crippen molar-refractivity contribution in [2.45, 2.75) is 20.3 Å². The van der Waals surface area contributed by atoms with Crippen molar-refractivity contribution in [1.29, 1.82) is 0 Å². The fourth-order valence-electron chi connectivity index (χ4n) is 1.01. The van der Waals surface area contributed by atoms with Crippen LogP contribution in [0.25, 0.3) is 0 Å². The van der Waals surface area contributed by atoms with Gasteiger partial charge in [-0.3, -0.25) is 0 Å². The molecule has 0 bridgehead atoms. The third-order valence-electron chi connectivity index (χ3n) is 1.57. The smallest absolute Gasteiger partial charge is 0.0218 e. The summed E-state index contributed by atoms with van der Waals surface area (Å²) < 4.78 is 0. The summed E-state index contributed by atoms with van der Waals surface area (Å²) in [5.41, 5.74) is 1.48. The van der Waals surface area contributed by atoms with Crippen LogP contribution in [0.3, 0.4) is 0 Å². The van der Waals surface area contributed by atoms with Gasteiger partial charge in [-0.05, 0) is 19.3 Å². The van der Waals surface area contributed by atoms with Crippen LogP contribution in [-0.2, 0) is 0 Å². The van der Waals surface area contributed by atoms with Crippen molar-refractivity contribution < 1.29 is 0 Å². The zero-order valence-electron chi connectivity index (χ0n) is 5.52. The van der Waals surface area contributed by atoms with Crippen molar-refractivity contribution in [2.24, 2.45) is 5.92 Å². The molecule has 1 unspecified atom stereocenters. The molecule has 0 saturated carbocycles. The monoisotopic (exact) mass is 108 g/mol. The standard InChI is InChI=1S/C8H12/c1-3-8-5-4-7(2)6-8/h3-5,7H,6H2,1-2H3/b8-3+. The molecule has 0 amide bonds. The summed E-state index contributed by atoms with van der Waals surface area (Å²) in [5.74, 6) is 0.779. The fourth-order valence-corrected chi connectivity index (χ4v) is 1.01. The summed E-state index contributed by atoms with van der Waals surface area (Å²) in [7, 11) is 0. The van der Waals surface area contributed by atoms with E-state index >= 15 is 0 Å². The van der Waals surface area contributed by atoms with Crippen molar-refractivity contribution in [2.75, 3.05) is 0 Å². The highest BCUT2D eigenvalue weighted by molar-refractivity contribution is 5.25. The molecule has 1 aliphatic rings. The van der Waals surface area contributed by atoms with Crippen molar-refractivity contribution in [3.8, 4) is 0 Å². The highest BCUT2D eigenvalue weighted by Crippen LogP contribution is 2.20. The minimum absolute atomic E-state index is 0.779. The SMILES string of the molecule is C/C=C1\C=CC(C)C1. The second kappa shape index (κ2) is 2.17. The molecular weight excluding hydrogens is 96.1 g/mol. The Morgan fingerprint density at radius 1 is 1.75 bits per heavy atom. The Morgan fingerprint density at radius 2 is 2.50 bits per heavy atom. The third kappa shape index (κ3) is 1.00. The first-order valence-electron chi connectivity index (χ1n) is 3.16. The highest BCUT2D eigenvalue weighted by atomic mass is 14.1. The minimum atomic E-state index is 0.779. The second-order valence-electron chi connectivity index (χ2n) is 2.40. The Labute approximate surface area is 50.9 Å². The molecule has 0 heteroatoms. The molecule has 0 heterocycles. The molecule has 0 fully saturated rings. The molecule has 1 rings (SSSR count). The molecule has 0 N–H and O–H groups in total. The van der Waals surface area contributed by atoms with Gasteiger partial charge in [0.15, 0.2) is 0 Å². The summed E-state index contributed by atoms with van der Waals surface area (Å²) >= 11 is 0. The predicted octanol–water partition coefficient (Wildman–Crippen LogP) is 2.53. The normalized spacial score (nSPS) is 32.2. The molecule has 0 nitrogen and oxygen atoms in total. The van der Waals surface area contributed by atoms with Crippen LogP contribution in [0.1, 0.15) is 20.3 Å². The van der Waals surface area contributed by atoms with Gasteiger partial charge >= 0.3 is 0 Å². The lowest BCUT2D eigenvalue weighted by atomic mass is 10.1. The van der Waals surface area contributed by atoms with E-state index in [-0.39, 0.29) is 0 Å².